The Labute approximate surface area is 180 Å². The van der Waals surface area contributed by atoms with E-state index in [0.717, 1.165) is 10.5 Å². The van der Waals surface area contributed by atoms with Crippen molar-refractivity contribution < 1.29 is 22.8 Å². The predicted molar refractivity (Wildman–Crippen MR) is 114 cm³/mol. The molecule has 1 atom stereocenters. The summed E-state index contributed by atoms with van der Waals surface area (Å²) in [5.41, 5.74) is 0.158. The summed E-state index contributed by atoms with van der Waals surface area (Å²) in [6.45, 7) is 1.08. The van der Waals surface area contributed by atoms with Gasteiger partial charge in [0.2, 0.25) is 15.9 Å². The minimum absolute atomic E-state index is 0.150. The Morgan fingerprint density at radius 1 is 1.03 bits per heavy atom. The quantitative estimate of drug-likeness (QED) is 0.491. The van der Waals surface area contributed by atoms with E-state index in [4.69, 9.17) is 0 Å². The summed E-state index contributed by atoms with van der Waals surface area (Å²) >= 11 is 0. The Kier molecular flexibility index (Phi) is 6.71. The summed E-state index contributed by atoms with van der Waals surface area (Å²) in [4.78, 5) is 38.1. The fourth-order valence-corrected chi connectivity index (χ4v) is 4.10. The van der Waals surface area contributed by atoms with Crippen LogP contribution < -0.4 is 15.4 Å². The van der Waals surface area contributed by atoms with Crippen LogP contribution in [0.2, 0.25) is 0 Å². The highest BCUT2D eigenvalue weighted by molar-refractivity contribution is 7.89. The lowest BCUT2D eigenvalue weighted by Crippen LogP contribution is -2.44. The van der Waals surface area contributed by atoms with Crippen molar-refractivity contribution in [3.05, 3.63) is 71.8 Å². The second-order valence-electron chi connectivity index (χ2n) is 7.29. The van der Waals surface area contributed by atoms with Gasteiger partial charge in [0.15, 0.2) is 0 Å². The Bertz CT molecular complexity index is 1060. The van der Waals surface area contributed by atoms with Gasteiger partial charge in [-0.3, -0.25) is 14.5 Å². The molecule has 1 aliphatic heterocycles. The van der Waals surface area contributed by atoms with E-state index in [-0.39, 0.29) is 18.8 Å². The topological polar surface area (TPSA) is 125 Å². The van der Waals surface area contributed by atoms with E-state index >= 15 is 0 Å². The molecule has 10 heteroatoms. The first-order valence-electron chi connectivity index (χ1n) is 9.69. The minimum atomic E-state index is -3.60. The molecule has 4 amide bonds. The fraction of sp³-hybridized carbons (Fsp3) is 0.286. The molecule has 2 aromatic rings. The maximum Gasteiger partial charge on any atom is 0.325 e. The number of hydrogen-bond donors (Lipinski definition) is 3. The van der Waals surface area contributed by atoms with E-state index in [2.05, 4.69) is 15.4 Å². The number of nitrogens with zero attached hydrogens (tertiary/aromatic N) is 1. The molecule has 1 unspecified atom stereocenters. The summed E-state index contributed by atoms with van der Waals surface area (Å²) < 4.78 is 26.6. The zero-order chi connectivity index (χ0) is 22.5. The molecule has 0 saturated carbocycles. The molecule has 2 aromatic carbocycles. The van der Waals surface area contributed by atoms with E-state index in [1.807, 2.05) is 18.2 Å². The summed E-state index contributed by atoms with van der Waals surface area (Å²) in [6.07, 6.45) is 0. The third kappa shape index (κ3) is 5.47. The summed E-state index contributed by atoms with van der Waals surface area (Å²) in [7, 11) is -3.60. The van der Waals surface area contributed by atoms with Crippen LogP contribution in [0.4, 0.5) is 4.79 Å². The minimum Gasteiger partial charge on any atom is -0.353 e. The van der Waals surface area contributed by atoms with Crippen molar-refractivity contribution in [2.24, 2.45) is 0 Å². The smallest absolute Gasteiger partial charge is 0.325 e. The van der Waals surface area contributed by atoms with Gasteiger partial charge in [-0.1, -0.05) is 60.7 Å². The van der Waals surface area contributed by atoms with Crippen molar-refractivity contribution in [2.45, 2.75) is 19.0 Å². The van der Waals surface area contributed by atoms with Crippen LogP contribution in [0.25, 0.3) is 0 Å². The first-order valence-corrected chi connectivity index (χ1v) is 11.3. The molecular weight excluding hydrogens is 420 g/mol. The van der Waals surface area contributed by atoms with Crippen LogP contribution in [0, 0.1) is 0 Å². The molecule has 0 aliphatic carbocycles. The van der Waals surface area contributed by atoms with Gasteiger partial charge < -0.3 is 10.6 Å². The number of carbonyl (C=O) groups is 3. The predicted octanol–water partition coefficient (Wildman–Crippen LogP) is 0.689. The molecule has 3 N–H and O–H groups in total. The standard InChI is InChI=1S/C21H24N4O5S/c1-21(17-10-6-3-7-11-17)19(27)25(20(28)24-21)15-18(26)22-12-13-31(29,30)23-14-16-8-4-2-5-9-16/h2-11,23H,12-15H2,1H3,(H,22,26)(H,24,28). The van der Waals surface area contributed by atoms with Crippen LogP contribution in [-0.2, 0) is 31.7 Å². The average molecular weight is 445 g/mol. The average Bonchev–Trinajstić information content (AvgIpc) is 2.97. The van der Waals surface area contributed by atoms with Crippen LogP contribution in [-0.4, -0.2) is 50.0 Å². The Morgan fingerprint density at radius 3 is 2.29 bits per heavy atom. The first kappa shape index (κ1) is 22.4. The fourth-order valence-electron chi connectivity index (χ4n) is 3.19. The first-order chi connectivity index (χ1) is 14.7. The maximum atomic E-state index is 12.8. The summed E-state index contributed by atoms with van der Waals surface area (Å²) in [5, 5.41) is 5.06. The van der Waals surface area contributed by atoms with Crippen LogP contribution >= 0.6 is 0 Å². The third-order valence-electron chi connectivity index (χ3n) is 4.96. The van der Waals surface area contributed by atoms with E-state index < -0.39 is 40.0 Å². The normalized spacial score (nSPS) is 18.7. The van der Waals surface area contributed by atoms with Crippen molar-refractivity contribution in [3.8, 4) is 0 Å². The molecule has 0 bridgehead atoms. The van der Waals surface area contributed by atoms with Crippen molar-refractivity contribution in [1.29, 1.82) is 0 Å². The lowest BCUT2D eigenvalue weighted by atomic mass is 9.92. The maximum absolute atomic E-state index is 12.8. The van der Waals surface area contributed by atoms with E-state index in [1.54, 1.807) is 49.4 Å². The molecular formula is C21H24N4O5S. The number of urea groups is 1. The molecule has 0 aromatic heterocycles. The van der Waals surface area contributed by atoms with Gasteiger partial charge in [-0.2, -0.15) is 0 Å². The van der Waals surface area contributed by atoms with Gasteiger partial charge in [0, 0.05) is 13.1 Å². The van der Waals surface area contributed by atoms with E-state index in [0.29, 0.717) is 5.56 Å². The van der Waals surface area contributed by atoms with E-state index in [1.165, 1.54) is 0 Å². The highest BCUT2D eigenvalue weighted by Crippen LogP contribution is 2.28. The molecule has 0 spiro atoms. The summed E-state index contributed by atoms with van der Waals surface area (Å²) in [6, 6.07) is 17.1. The zero-order valence-corrected chi connectivity index (χ0v) is 17.8. The molecule has 164 valence electrons. The highest BCUT2D eigenvalue weighted by Gasteiger charge is 2.49. The second-order valence-corrected chi connectivity index (χ2v) is 9.21. The van der Waals surface area contributed by atoms with Crippen LogP contribution in [0.1, 0.15) is 18.1 Å². The van der Waals surface area contributed by atoms with Crippen molar-refractivity contribution in [2.75, 3.05) is 18.8 Å². The number of hydrogen-bond acceptors (Lipinski definition) is 5. The van der Waals surface area contributed by atoms with Crippen LogP contribution in [0.3, 0.4) is 0 Å². The molecule has 1 heterocycles. The van der Waals surface area contributed by atoms with Gasteiger partial charge in [0.25, 0.3) is 5.91 Å². The van der Waals surface area contributed by atoms with Crippen molar-refractivity contribution in [1.82, 2.24) is 20.3 Å². The van der Waals surface area contributed by atoms with Gasteiger partial charge in [0.05, 0.1) is 5.75 Å². The molecule has 1 fully saturated rings. The van der Waals surface area contributed by atoms with Crippen molar-refractivity contribution in [3.63, 3.8) is 0 Å². The van der Waals surface area contributed by atoms with Crippen LogP contribution in [0.15, 0.2) is 60.7 Å². The lowest BCUT2D eigenvalue weighted by Gasteiger charge is -2.22. The van der Waals surface area contributed by atoms with Crippen LogP contribution in [0.5, 0.6) is 0 Å². The molecule has 1 saturated heterocycles. The van der Waals surface area contributed by atoms with Gasteiger partial charge in [-0.15, -0.1) is 0 Å². The van der Waals surface area contributed by atoms with Crippen molar-refractivity contribution >= 4 is 27.9 Å². The number of amides is 4. The SMILES string of the molecule is CC1(c2ccccc2)NC(=O)N(CC(=O)NCCS(=O)(=O)NCc2ccccc2)C1=O. The van der Waals surface area contributed by atoms with E-state index in [9.17, 15) is 22.8 Å². The Hall–Kier alpha value is -3.24. The largest absolute Gasteiger partial charge is 0.353 e. The number of imide groups is 1. The number of rotatable bonds is 9. The Balaban J connectivity index is 1.49. The van der Waals surface area contributed by atoms with Gasteiger partial charge >= 0.3 is 6.03 Å². The second kappa shape index (κ2) is 9.27. The molecule has 0 radical (unpaired) electrons. The molecule has 31 heavy (non-hydrogen) atoms. The van der Waals surface area contributed by atoms with Gasteiger partial charge in [0.1, 0.15) is 12.1 Å². The molecule has 3 rings (SSSR count). The number of benzene rings is 2. The summed E-state index contributed by atoms with van der Waals surface area (Å²) in [5.74, 6) is -1.50. The van der Waals surface area contributed by atoms with Gasteiger partial charge in [-0.05, 0) is 18.1 Å². The highest BCUT2D eigenvalue weighted by atomic mass is 32.2. The zero-order valence-electron chi connectivity index (χ0n) is 17.0. The monoisotopic (exact) mass is 444 g/mol. The number of carbonyl (C=O) groups excluding carboxylic acids is 3. The number of sulfonamides is 1. The number of nitrogens with one attached hydrogen (secondary N) is 3. The molecule has 1 aliphatic rings. The molecule has 9 nitrogen and oxygen atoms in total. The Morgan fingerprint density at radius 2 is 1.65 bits per heavy atom. The third-order valence-corrected chi connectivity index (χ3v) is 6.29. The van der Waals surface area contributed by atoms with Gasteiger partial charge in [-0.25, -0.2) is 17.9 Å². The lowest BCUT2D eigenvalue weighted by molar-refractivity contribution is -0.134.